The summed E-state index contributed by atoms with van der Waals surface area (Å²) in [5.74, 6) is -2.38. The van der Waals surface area contributed by atoms with E-state index in [-0.39, 0.29) is 12.8 Å². The van der Waals surface area contributed by atoms with Crippen LogP contribution in [0.2, 0.25) is 0 Å². The lowest BCUT2D eigenvalue weighted by molar-refractivity contribution is -0.147. The largest absolute Gasteiger partial charge is 0.480 e. The van der Waals surface area contributed by atoms with Crippen LogP contribution >= 0.6 is 7.82 Å². The summed E-state index contributed by atoms with van der Waals surface area (Å²) in [4.78, 5) is 45.9. The first-order chi connectivity index (χ1) is 27.6. The number of unbranched alkanes of at least 4 members (excludes halogenated alkanes) is 25. The zero-order valence-electron chi connectivity index (χ0n) is 36.2. The van der Waals surface area contributed by atoms with Gasteiger partial charge in [-0.1, -0.05) is 179 Å². The number of allylic oxidation sites excluding steroid dienone is 4. The van der Waals surface area contributed by atoms with E-state index in [1.54, 1.807) is 0 Å². The van der Waals surface area contributed by atoms with Crippen LogP contribution < -0.4 is 5.32 Å². The zero-order valence-corrected chi connectivity index (χ0v) is 37.0. The summed E-state index contributed by atoms with van der Waals surface area (Å²) in [5, 5.41) is 21.8. The molecule has 3 unspecified atom stereocenters. The first-order valence-electron chi connectivity index (χ1n) is 22.9. The van der Waals surface area contributed by atoms with Crippen molar-refractivity contribution in [1.82, 2.24) is 5.32 Å². The Morgan fingerprint density at radius 3 is 1.44 bits per heavy atom. The number of nitrogens with one attached hydrogen (secondary N) is 1. The van der Waals surface area contributed by atoms with Gasteiger partial charge in [0.1, 0.15) is 12.7 Å². The van der Waals surface area contributed by atoms with E-state index in [1.165, 1.54) is 116 Å². The molecule has 0 aromatic heterocycles. The van der Waals surface area contributed by atoms with Crippen LogP contribution in [0.1, 0.15) is 213 Å². The molecule has 0 saturated heterocycles. The minimum absolute atomic E-state index is 0.149. The molecule has 11 nitrogen and oxygen atoms in total. The number of amides is 1. The Morgan fingerprint density at radius 2 is 0.965 bits per heavy atom. The number of aliphatic hydroxyl groups is 1. The fraction of sp³-hybridized carbons (Fsp3) is 0.844. The number of aliphatic hydroxyl groups excluding tert-OH is 1. The molecule has 0 saturated carbocycles. The Morgan fingerprint density at radius 1 is 0.561 bits per heavy atom. The van der Waals surface area contributed by atoms with Gasteiger partial charge in [-0.3, -0.25) is 18.6 Å². The van der Waals surface area contributed by atoms with Crippen molar-refractivity contribution >= 4 is 25.7 Å². The van der Waals surface area contributed by atoms with Crippen molar-refractivity contribution < 1.29 is 47.8 Å². The van der Waals surface area contributed by atoms with E-state index in [0.29, 0.717) is 12.8 Å². The summed E-state index contributed by atoms with van der Waals surface area (Å²) in [6.07, 6.45) is 41.9. The number of phosphoric acid groups is 1. The number of aliphatic carboxylic acids is 1. The molecule has 0 fully saturated rings. The molecule has 4 N–H and O–H groups in total. The van der Waals surface area contributed by atoms with Gasteiger partial charge in [0.15, 0.2) is 6.04 Å². The second kappa shape index (κ2) is 40.7. The Labute approximate surface area is 347 Å². The van der Waals surface area contributed by atoms with E-state index in [9.17, 15) is 34.1 Å². The molecule has 0 aliphatic rings. The Hall–Kier alpha value is -2.04. The number of carboxylic acid groups (broad SMARTS) is 1. The Bertz CT molecular complexity index is 1070. The van der Waals surface area contributed by atoms with Crippen molar-refractivity contribution in [2.24, 2.45) is 0 Å². The van der Waals surface area contributed by atoms with E-state index in [4.69, 9.17) is 13.8 Å². The summed E-state index contributed by atoms with van der Waals surface area (Å²) in [5.41, 5.74) is 0. The number of esters is 1. The number of phosphoric ester groups is 1. The highest BCUT2D eigenvalue weighted by atomic mass is 31.2. The van der Waals surface area contributed by atoms with Crippen molar-refractivity contribution in [2.75, 3.05) is 19.8 Å². The molecule has 0 rings (SSSR count). The van der Waals surface area contributed by atoms with Crippen molar-refractivity contribution in [3.05, 3.63) is 24.3 Å². The molecular formula is C45H84NO10P. The highest BCUT2D eigenvalue weighted by molar-refractivity contribution is 7.47. The molecule has 0 spiro atoms. The van der Waals surface area contributed by atoms with Gasteiger partial charge in [-0.25, -0.2) is 9.36 Å². The third kappa shape index (κ3) is 40.5. The van der Waals surface area contributed by atoms with Crippen LogP contribution in [0, 0.1) is 0 Å². The van der Waals surface area contributed by atoms with E-state index < -0.39 is 57.6 Å². The summed E-state index contributed by atoms with van der Waals surface area (Å²) in [6.45, 7) is 2.58. The smallest absolute Gasteiger partial charge is 0.472 e. The molecule has 1 amide bonds. The Balaban J connectivity index is 3.89. The molecule has 0 heterocycles. The molecule has 0 aliphatic heterocycles. The summed E-state index contributed by atoms with van der Waals surface area (Å²) >= 11 is 0. The van der Waals surface area contributed by atoms with Gasteiger partial charge in [-0.05, 0) is 44.9 Å². The second-order valence-corrected chi connectivity index (χ2v) is 17.0. The average Bonchev–Trinajstić information content (AvgIpc) is 3.18. The molecule has 0 radical (unpaired) electrons. The van der Waals surface area contributed by atoms with E-state index in [2.05, 4.69) is 43.5 Å². The molecule has 0 aromatic carbocycles. The van der Waals surface area contributed by atoms with Gasteiger partial charge < -0.3 is 25.2 Å². The molecule has 3 atom stereocenters. The van der Waals surface area contributed by atoms with Gasteiger partial charge >= 0.3 is 19.8 Å². The highest BCUT2D eigenvalue weighted by Crippen LogP contribution is 2.43. The fourth-order valence-corrected chi connectivity index (χ4v) is 7.18. The molecule has 0 aromatic rings. The van der Waals surface area contributed by atoms with Crippen LogP contribution in [0.4, 0.5) is 0 Å². The van der Waals surface area contributed by atoms with Crippen molar-refractivity contribution in [3.8, 4) is 0 Å². The minimum atomic E-state index is -4.76. The maximum atomic E-state index is 12.3. The minimum Gasteiger partial charge on any atom is -0.480 e. The topological polar surface area (TPSA) is 169 Å². The number of ether oxygens (including phenoxy) is 1. The normalized spacial score (nSPS) is 13.9. The summed E-state index contributed by atoms with van der Waals surface area (Å²) < 4.78 is 26.8. The van der Waals surface area contributed by atoms with Crippen LogP contribution in [-0.2, 0) is 32.7 Å². The average molecular weight is 830 g/mol. The lowest BCUT2D eigenvalue weighted by atomic mass is 10.0. The molecule has 12 heteroatoms. The van der Waals surface area contributed by atoms with Gasteiger partial charge in [0.05, 0.1) is 13.2 Å². The van der Waals surface area contributed by atoms with Crippen LogP contribution in [0.5, 0.6) is 0 Å². The predicted molar refractivity (Wildman–Crippen MR) is 231 cm³/mol. The molecule has 0 bridgehead atoms. The van der Waals surface area contributed by atoms with Gasteiger partial charge in [-0.15, -0.1) is 0 Å². The first kappa shape index (κ1) is 55.0. The monoisotopic (exact) mass is 830 g/mol. The number of rotatable bonds is 43. The van der Waals surface area contributed by atoms with Crippen molar-refractivity contribution in [3.63, 3.8) is 0 Å². The lowest BCUT2D eigenvalue weighted by Crippen LogP contribution is -2.43. The van der Waals surface area contributed by atoms with Gasteiger partial charge in [0.25, 0.3) is 0 Å². The van der Waals surface area contributed by atoms with Crippen LogP contribution in [0.15, 0.2) is 24.3 Å². The third-order valence-corrected chi connectivity index (χ3v) is 10.9. The fourth-order valence-electron chi connectivity index (χ4n) is 6.40. The number of hydrogen-bond acceptors (Lipinski definition) is 8. The zero-order chi connectivity index (χ0) is 42.1. The summed E-state index contributed by atoms with van der Waals surface area (Å²) in [7, 11) is -4.76. The standard InChI is InChI=1S/C45H84NO10P/c1-3-5-7-9-11-13-15-17-19-21-22-24-26-28-30-32-34-36-43(48)46-42(45(50)51)40-56-57(52,53)55-39-41(47)38-54-44(49)37-35-33-31-29-27-25-23-20-18-16-14-12-10-8-6-4-2/h14,16,20,23,41-42,47H,3-13,15,17-19,21-22,24-40H2,1-2H3,(H,46,48)(H,50,51)(H,52,53)/b16-14-,23-20-. The van der Waals surface area contributed by atoms with Crippen LogP contribution in [0.3, 0.4) is 0 Å². The van der Waals surface area contributed by atoms with E-state index in [1.807, 2.05) is 0 Å². The number of carboxylic acids is 1. The maximum absolute atomic E-state index is 12.3. The van der Waals surface area contributed by atoms with Crippen molar-refractivity contribution in [2.45, 2.75) is 225 Å². The Kier molecular flexibility index (Phi) is 39.3. The molecule has 57 heavy (non-hydrogen) atoms. The quantitative estimate of drug-likeness (QED) is 0.0201. The number of carbonyl (C=O) groups excluding carboxylic acids is 2. The van der Waals surface area contributed by atoms with E-state index in [0.717, 1.165) is 57.8 Å². The molecule has 334 valence electrons. The first-order valence-corrected chi connectivity index (χ1v) is 24.4. The van der Waals surface area contributed by atoms with Crippen LogP contribution in [-0.4, -0.2) is 64.9 Å². The second-order valence-electron chi connectivity index (χ2n) is 15.6. The van der Waals surface area contributed by atoms with Crippen molar-refractivity contribution in [1.29, 1.82) is 0 Å². The number of hydrogen-bond donors (Lipinski definition) is 4. The van der Waals surface area contributed by atoms with Crippen LogP contribution in [0.25, 0.3) is 0 Å². The predicted octanol–water partition coefficient (Wildman–Crippen LogP) is 11.8. The number of carbonyl (C=O) groups is 3. The van der Waals surface area contributed by atoms with Gasteiger partial charge in [0, 0.05) is 12.8 Å². The van der Waals surface area contributed by atoms with Gasteiger partial charge in [-0.2, -0.15) is 0 Å². The molecular weight excluding hydrogens is 745 g/mol. The maximum Gasteiger partial charge on any atom is 0.472 e. The van der Waals surface area contributed by atoms with E-state index >= 15 is 0 Å². The molecule has 0 aliphatic carbocycles. The summed E-state index contributed by atoms with van der Waals surface area (Å²) in [6, 6.07) is -1.54. The third-order valence-electron chi connectivity index (χ3n) is 9.99. The highest BCUT2D eigenvalue weighted by Gasteiger charge is 2.28. The lowest BCUT2D eigenvalue weighted by Gasteiger charge is -2.18. The van der Waals surface area contributed by atoms with Gasteiger partial charge in [0.2, 0.25) is 5.91 Å². The SMILES string of the molecule is CCCCCC/C=C\C/C=C\CCCCCCCC(=O)OCC(O)COP(=O)(O)OCC(NC(=O)CCCCCCCCCCCCCCCCCCC)C(=O)O.